The second kappa shape index (κ2) is 4.42. The Labute approximate surface area is 102 Å². The molecule has 0 amide bonds. The average Bonchev–Trinajstić information content (AvgIpc) is 2.97. The lowest BCUT2D eigenvalue weighted by Gasteiger charge is -2.15. The van der Waals surface area contributed by atoms with Gasteiger partial charge in [0.2, 0.25) is 0 Å². The number of thiocarbonyl (C=S) groups is 1. The zero-order valence-corrected chi connectivity index (χ0v) is 10.3. The molecule has 0 bridgehead atoms. The van der Waals surface area contributed by atoms with Gasteiger partial charge in [0.15, 0.2) is 0 Å². The van der Waals surface area contributed by atoms with Crippen molar-refractivity contribution >= 4 is 17.2 Å². The summed E-state index contributed by atoms with van der Waals surface area (Å²) in [4.78, 5) is 0.602. The second-order valence-corrected chi connectivity index (χ2v) is 5.27. The maximum Gasteiger partial charge on any atom is 0.119 e. The first kappa shape index (κ1) is 11.4. The minimum absolute atomic E-state index is 0.233. The maximum atomic E-state index is 5.77. The highest BCUT2D eigenvalue weighted by Crippen LogP contribution is 2.48. The molecule has 0 aliphatic heterocycles. The van der Waals surface area contributed by atoms with Crippen LogP contribution in [0.4, 0.5) is 0 Å². The first-order chi connectivity index (χ1) is 7.60. The zero-order valence-electron chi connectivity index (χ0n) is 9.53. The number of nitrogens with two attached hydrogens (primary N) is 1. The Bertz CT molecular complexity index is 381. The van der Waals surface area contributed by atoms with Gasteiger partial charge < -0.3 is 10.5 Å². The van der Waals surface area contributed by atoms with Gasteiger partial charge in [-0.1, -0.05) is 29.9 Å². The molecule has 16 heavy (non-hydrogen) atoms. The van der Waals surface area contributed by atoms with Gasteiger partial charge in [-0.05, 0) is 31.9 Å². The quantitative estimate of drug-likeness (QED) is 0.797. The Balaban J connectivity index is 1.87. The number of rotatable bonds is 5. The topological polar surface area (TPSA) is 35.2 Å². The van der Waals surface area contributed by atoms with Gasteiger partial charge in [-0.2, -0.15) is 0 Å². The molecule has 1 aromatic rings. The van der Waals surface area contributed by atoms with Crippen LogP contribution in [0.1, 0.15) is 24.8 Å². The lowest BCUT2D eigenvalue weighted by molar-refractivity contribution is 0.239. The van der Waals surface area contributed by atoms with E-state index in [2.05, 4.69) is 19.1 Å². The molecule has 2 nitrogen and oxygen atoms in total. The van der Waals surface area contributed by atoms with E-state index in [0.29, 0.717) is 4.99 Å². The predicted octanol–water partition coefficient (Wildman–Crippen LogP) is 2.83. The van der Waals surface area contributed by atoms with Crippen molar-refractivity contribution in [2.24, 2.45) is 11.1 Å². The lowest BCUT2D eigenvalue weighted by atomic mass is 10.0. The molecule has 1 aromatic carbocycles. The molecule has 0 radical (unpaired) electrons. The summed E-state index contributed by atoms with van der Waals surface area (Å²) in [5.74, 6) is 0.930. The highest BCUT2D eigenvalue weighted by atomic mass is 32.1. The van der Waals surface area contributed by atoms with E-state index in [0.717, 1.165) is 18.8 Å². The van der Waals surface area contributed by atoms with E-state index in [1.165, 1.54) is 18.4 Å². The van der Waals surface area contributed by atoms with Crippen molar-refractivity contribution in [2.75, 3.05) is 6.61 Å². The number of ether oxygens (including phenoxy) is 1. The van der Waals surface area contributed by atoms with Gasteiger partial charge >= 0.3 is 0 Å². The van der Waals surface area contributed by atoms with Crippen LogP contribution in [0.2, 0.25) is 0 Å². The molecule has 1 aliphatic rings. The van der Waals surface area contributed by atoms with Crippen molar-refractivity contribution < 1.29 is 4.74 Å². The third-order valence-corrected chi connectivity index (χ3v) is 3.22. The monoisotopic (exact) mass is 235 g/mol. The first-order valence-corrected chi connectivity index (χ1v) is 5.98. The fourth-order valence-electron chi connectivity index (χ4n) is 1.79. The highest BCUT2D eigenvalue weighted by molar-refractivity contribution is 7.80. The standard InChI is InChI=1S/C13H17NOS/c1-10-2-4-11(5-3-10)15-9-13(6-7-13)8-12(14)16/h2-5H,6-9H2,1H3,(H2,14,16). The van der Waals surface area contributed by atoms with Crippen LogP contribution >= 0.6 is 12.2 Å². The maximum absolute atomic E-state index is 5.77. The first-order valence-electron chi connectivity index (χ1n) is 5.57. The molecule has 3 heteroatoms. The molecular formula is C13H17NOS. The van der Waals surface area contributed by atoms with Crippen LogP contribution in [-0.4, -0.2) is 11.6 Å². The minimum Gasteiger partial charge on any atom is -0.493 e. The summed E-state index contributed by atoms with van der Waals surface area (Å²) in [6, 6.07) is 8.13. The number of aryl methyl sites for hydroxylation is 1. The predicted molar refractivity (Wildman–Crippen MR) is 69.7 cm³/mol. The SMILES string of the molecule is Cc1ccc(OCC2(CC(N)=S)CC2)cc1. The van der Waals surface area contributed by atoms with Crippen LogP contribution in [0.5, 0.6) is 5.75 Å². The van der Waals surface area contributed by atoms with E-state index in [4.69, 9.17) is 22.7 Å². The second-order valence-electron chi connectivity index (χ2n) is 4.74. The number of benzene rings is 1. The summed E-state index contributed by atoms with van der Waals surface area (Å²) in [5.41, 5.74) is 7.06. The molecule has 1 fully saturated rings. The van der Waals surface area contributed by atoms with Crippen LogP contribution in [0, 0.1) is 12.3 Å². The van der Waals surface area contributed by atoms with Crippen molar-refractivity contribution in [3.05, 3.63) is 29.8 Å². The van der Waals surface area contributed by atoms with Gasteiger partial charge in [-0.25, -0.2) is 0 Å². The Morgan fingerprint density at radius 2 is 2.00 bits per heavy atom. The zero-order chi connectivity index (χ0) is 11.6. The van der Waals surface area contributed by atoms with Crippen LogP contribution in [0.3, 0.4) is 0 Å². The van der Waals surface area contributed by atoms with E-state index >= 15 is 0 Å². The van der Waals surface area contributed by atoms with Crippen molar-refractivity contribution in [2.45, 2.75) is 26.2 Å². The van der Waals surface area contributed by atoms with Gasteiger partial charge in [0.05, 0.1) is 11.6 Å². The van der Waals surface area contributed by atoms with E-state index in [-0.39, 0.29) is 5.41 Å². The van der Waals surface area contributed by atoms with Gasteiger partial charge in [-0.3, -0.25) is 0 Å². The summed E-state index contributed by atoms with van der Waals surface area (Å²) in [5, 5.41) is 0. The smallest absolute Gasteiger partial charge is 0.119 e. The number of hydrogen-bond donors (Lipinski definition) is 1. The molecule has 2 rings (SSSR count). The third kappa shape index (κ3) is 2.95. The fraction of sp³-hybridized carbons (Fsp3) is 0.462. The van der Waals surface area contributed by atoms with Crippen molar-refractivity contribution in [1.29, 1.82) is 0 Å². The molecule has 1 aliphatic carbocycles. The highest BCUT2D eigenvalue weighted by Gasteiger charge is 2.43. The summed E-state index contributed by atoms with van der Waals surface area (Å²) in [6.45, 7) is 2.80. The molecule has 1 saturated carbocycles. The molecule has 0 atom stereocenters. The summed E-state index contributed by atoms with van der Waals surface area (Å²) in [7, 11) is 0. The largest absolute Gasteiger partial charge is 0.493 e. The fourth-order valence-corrected chi connectivity index (χ4v) is 2.10. The molecule has 86 valence electrons. The van der Waals surface area contributed by atoms with E-state index in [1.807, 2.05) is 12.1 Å². The summed E-state index contributed by atoms with van der Waals surface area (Å²) >= 11 is 4.95. The van der Waals surface area contributed by atoms with Gasteiger partial charge in [0, 0.05) is 11.8 Å². The molecule has 0 aromatic heterocycles. The lowest BCUT2D eigenvalue weighted by Crippen LogP contribution is -2.20. The normalized spacial score (nSPS) is 16.8. The van der Waals surface area contributed by atoms with Crippen LogP contribution in [0.15, 0.2) is 24.3 Å². The Kier molecular flexibility index (Phi) is 3.15. The van der Waals surface area contributed by atoms with Gasteiger partial charge in [-0.15, -0.1) is 0 Å². The van der Waals surface area contributed by atoms with Crippen LogP contribution < -0.4 is 10.5 Å². The molecule has 0 spiro atoms. The van der Waals surface area contributed by atoms with E-state index in [9.17, 15) is 0 Å². The molecule has 2 N–H and O–H groups in total. The van der Waals surface area contributed by atoms with Crippen LogP contribution in [0.25, 0.3) is 0 Å². The molecule has 0 unspecified atom stereocenters. The minimum atomic E-state index is 0.233. The van der Waals surface area contributed by atoms with Gasteiger partial charge in [0.25, 0.3) is 0 Å². The molecule has 0 saturated heterocycles. The Morgan fingerprint density at radius 1 is 1.38 bits per heavy atom. The van der Waals surface area contributed by atoms with E-state index < -0.39 is 0 Å². The van der Waals surface area contributed by atoms with Crippen LogP contribution in [-0.2, 0) is 0 Å². The average molecular weight is 235 g/mol. The Morgan fingerprint density at radius 3 is 2.50 bits per heavy atom. The molecule has 0 heterocycles. The third-order valence-electron chi connectivity index (χ3n) is 3.07. The van der Waals surface area contributed by atoms with Gasteiger partial charge in [0.1, 0.15) is 5.75 Å². The van der Waals surface area contributed by atoms with Crippen molar-refractivity contribution in [3.63, 3.8) is 0 Å². The summed E-state index contributed by atoms with van der Waals surface area (Å²) in [6.07, 6.45) is 3.17. The number of hydrogen-bond acceptors (Lipinski definition) is 2. The van der Waals surface area contributed by atoms with Crippen molar-refractivity contribution in [3.8, 4) is 5.75 Å². The Hall–Kier alpha value is -1.09. The van der Waals surface area contributed by atoms with Crippen molar-refractivity contribution in [1.82, 2.24) is 0 Å². The van der Waals surface area contributed by atoms with E-state index in [1.54, 1.807) is 0 Å². The summed E-state index contributed by atoms with van der Waals surface area (Å²) < 4.78 is 5.77. The molecular weight excluding hydrogens is 218 g/mol.